The Kier molecular flexibility index (Phi) is 3.55. The summed E-state index contributed by atoms with van der Waals surface area (Å²) in [5, 5.41) is 12.1. The predicted molar refractivity (Wildman–Crippen MR) is 72.5 cm³/mol. The maximum atomic E-state index is 4.30. The lowest BCUT2D eigenvalue weighted by Crippen LogP contribution is -2.22. The minimum absolute atomic E-state index is 0.291. The number of hydrogen-bond acceptors (Lipinski definition) is 4. The highest BCUT2D eigenvalue weighted by Gasteiger charge is 2.16. The maximum absolute atomic E-state index is 4.30. The molecule has 1 atom stereocenters. The van der Waals surface area contributed by atoms with Crippen LogP contribution in [0.25, 0.3) is 0 Å². The van der Waals surface area contributed by atoms with Gasteiger partial charge < -0.3 is 9.88 Å². The summed E-state index contributed by atoms with van der Waals surface area (Å²) in [5.41, 5.74) is 1.24. The van der Waals surface area contributed by atoms with Crippen molar-refractivity contribution >= 4 is 0 Å². The third-order valence-corrected chi connectivity index (χ3v) is 3.71. The highest BCUT2D eigenvalue weighted by Crippen LogP contribution is 2.15. The molecule has 5 nitrogen and oxygen atoms in total. The Morgan fingerprint density at radius 3 is 2.95 bits per heavy atom. The molecule has 0 amide bonds. The molecular formula is C14H19N5. The minimum Gasteiger partial charge on any atom is -0.314 e. The molecule has 1 N–H and O–H groups in total. The summed E-state index contributed by atoms with van der Waals surface area (Å²) in [6, 6.07) is 4.37. The van der Waals surface area contributed by atoms with Crippen LogP contribution >= 0.6 is 0 Å². The van der Waals surface area contributed by atoms with E-state index < -0.39 is 0 Å². The van der Waals surface area contributed by atoms with Gasteiger partial charge in [0.1, 0.15) is 11.6 Å². The molecule has 0 fully saturated rings. The van der Waals surface area contributed by atoms with Gasteiger partial charge in [0.15, 0.2) is 0 Å². The van der Waals surface area contributed by atoms with E-state index in [1.807, 2.05) is 24.5 Å². The molecule has 0 aromatic carbocycles. The molecule has 0 saturated carbocycles. The molecule has 19 heavy (non-hydrogen) atoms. The molecule has 2 aromatic rings. The number of nitrogens with one attached hydrogen (secondary N) is 1. The number of aromatic nitrogens is 4. The van der Waals surface area contributed by atoms with Crippen LogP contribution in [0.1, 0.15) is 43.0 Å². The summed E-state index contributed by atoms with van der Waals surface area (Å²) in [6.45, 7) is 3.97. The standard InChI is InChI=1S/C14H19N5/c1-11(12-5-7-15-8-6-12)16-10-14-18-17-13-4-2-3-9-19(13)14/h5-8,11,16H,2-4,9-10H2,1H3. The van der Waals surface area contributed by atoms with E-state index in [2.05, 4.69) is 32.0 Å². The van der Waals surface area contributed by atoms with Crippen LogP contribution in [0.3, 0.4) is 0 Å². The second kappa shape index (κ2) is 5.48. The molecule has 3 heterocycles. The molecule has 0 spiro atoms. The van der Waals surface area contributed by atoms with E-state index in [0.29, 0.717) is 6.04 Å². The van der Waals surface area contributed by atoms with Gasteiger partial charge in [-0.3, -0.25) is 4.98 Å². The van der Waals surface area contributed by atoms with Crippen molar-refractivity contribution < 1.29 is 0 Å². The van der Waals surface area contributed by atoms with E-state index in [-0.39, 0.29) is 0 Å². The van der Waals surface area contributed by atoms with Crippen molar-refractivity contribution in [3.63, 3.8) is 0 Å². The monoisotopic (exact) mass is 257 g/mol. The van der Waals surface area contributed by atoms with Crippen LogP contribution in [0.5, 0.6) is 0 Å². The Morgan fingerprint density at radius 2 is 2.11 bits per heavy atom. The van der Waals surface area contributed by atoms with Crippen molar-refractivity contribution in [3.05, 3.63) is 41.7 Å². The van der Waals surface area contributed by atoms with Crippen molar-refractivity contribution in [1.29, 1.82) is 0 Å². The van der Waals surface area contributed by atoms with Crippen LogP contribution in [0.2, 0.25) is 0 Å². The molecule has 100 valence electrons. The molecule has 5 heteroatoms. The van der Waals surface area contributed by atoms with Gasteiger partial charge in [-0.2, -0.15) is 0 Å². The Hall–Kier alpha value is -1.75. The summed E-state index contributed by atoms with van der Waals surface area (Å²) >= 11 is 0. The molecular weight excluding hydrogens is 238 g/mol. The van der Waals surface area contributed by atoms with Crippen LogP contribution < -0.4 is 5.32 Å². The fraction of sp³-hybridized carbons (Fsp3) is 0.500. The number of rotatable bonds is 4. The Bertz CT molecular complexity index is 534. The minimum atomic E-state index is 0.291. The fourth-order valence-corrected chi connectivity index (χ4v) is 2.51. The van der Waals surface area contributed by atoms with E-state index in [4.69, 9.17) is 0 Å². The van der Waals surface area contributed by atoms with Crippen LogP contribution in [-0.4, -0.2) is 19.7 Å². The number of pyridine rings is 1. The van der Waals surface area contributed by atoms with E-state index in [9.17, 15) is 0 Å². The SMILES string of the molecule is CC(NCc1nnc2n1CCCC2)c1ccncc1. The van der Waals surface area contributed by atoms with Crippen LogP contribution in [0.4, 0.5) is 0 Å². The van der Waals surface area contributed by atoms with Crippen LogP contribution in [0, 0.1) is 0 Å². The van der Waals surface area contributed by atoms with E-state index in [1.54, 1.807) is 0 Å². The van der Waals surface area contributed by atoms with Gasteiger partial charge in [-0.15, -0.1) is 10.2 Å². The number of hydrogen-bond donors (Lipinski definition) is 1. The van der Waals surface area contributed by atoms with Gasteiger partial charge in [0.2, 0.25) is 0 Å². The van der Waals surface area contributed by atoms with E-state index in [0.717, 1.165) is 31.2 Å². The predicted octanol–water partition coefficient (Wildman–Crippen LogP) is 1.86. The smallest absolute Gasteiger partial charge is 0.147 e. The summed E-state index contributed by atoms with van der Waals surface area (Å²) in [6.07, 6.45) is 7.18. The third-order valence-electron chi connectivity index (χ3n) is 3.71. The second-order valence-corrected chi connectivity index (χ2v) is 5.02. The zero-order chi connectivity index (χ0) is 13.1. The van der Waals surface area contributed by atoms with Crippen molar-refractivity contribution in [2.75, 3.05) is 0 Å². The quantitative estimate of drug-likeness (QED) is 0.908. The highest BCUT2D eigenvalue weighted by molar-refractivity contribution is 5.14. The van der Waals surface area contributed by atoms with E-state index in [1.165, 1.54) is 18.4 Å². The number of aryl methyl sites for hydroxylation is 1. The number of nitrogens with zero attached hydrogens (tertiary/aromatic N) is 4. The van der Waals surface area contributed by atoms with Crippen molar-refractivity contribution in [1.82, 2.24) is 25.1 Å². The number of fused-ring (bicyclic) bond motifs is 1. The average Bonchev–Trinajstić information content (AvgIpc) is 2.89. The normalized spacial score (nSPS) is 16.1. The van der Waals surface area contributed by atoms with Gasteiger partial charge in [0.05, 0.1) is 6.54 Å². The molecule has 1 unspecified atom stereocenters. The third kappa shape index (κ3) is 2.66. The zero-order valence-electron chi connectivity index (χ0n) is 11.2. The summed E-state index contributed by atoms with van der Waals surface area (Å²) in [5.74, 6) is 2.19. The first-order valence-electron chi connectivity index (χ1n) is 6.89. The summed E-state index contributed by atoms with van der Waals surface area (Å²) < 4.78 is 2.26. The Labute approximate surface area is 113 Å². The molecule has 3 rings (SSSR count). The van der Waals surface area contributed by atoms with Crippen molar-refractivity contribution in [2.24, 2.45) is 0 Å². The first-order chi connectivity index (χ1) is 9.34. The topological polar surface area (TPSA) is 55.6 Å². The van der Waals surface area contributed by atoms with Gasteiger partial charge in [-0.1, -0.05) is 0 Å². The molecule has 1 aliphatic rings. The van der Waals surface area contributed by atoms with Gasteiger partial charge in [0.25, 0.3) is 0 Å². The molecule has 1 aliphatic heterocycles. The lowest BCUT2D eigenvalue weighted by molar-refractivity contribution is 0.484. The van der Waals surface area contributed by atoms with Crippen molar-refractivity contribution in [3.8, 4) is 0 Å². The first kappa shape index (κ1) is 12.3. The zero-order valence-corrected chi connectivity index (χ0v) is 11.2. The lowest BCUT2D eigenvalue weighted by atomic mass is 10.1. The maximum Gasteiger partial charge on any atom is 0.147 e. The van der Waals surface area contributed by atoms with E-state index >= 15 is 0 Å². The Balaban J connectivity index is 1.65. The Morgan fingerprint density at radius 1 is 1.26 bits per heavy atom. The van der Waals surface area contributed by atoms with Gasteiger partial charge >= 0.3 is 0 Å². The van der Waals surface area contributed by atoms with Crippen LogP contribution in [0.15, 0.2) is 24.5 Å². The van der Waals surface area contributed by atoms with Crippen molar-refractivity contribution in [2.45, 2.75) is 45.3 Å². The largest absolute Gasteiger partial charge is 0.314 e. The first-order valence-corrected chi connectivity index (χ1v) is 6.89. The molecule has 0 bridgehead atoms. The average molecular weight is 257 g/mol. The van der Waals surface area contributed by atoms with Gasteiger partial charge in [-0.05, 0) is 37.5 Å². The van der Waals surface area contributed by atoms with Crippen LogP contribution in [-0.2, 0) is 19.5 Å². The lowest BCUT2D eigenvalue weighted by Gasteiger charge is -2.17. The second-order valence-electron chi connectivity index (χ2n) is 5.02. The van der Waals surface area contributed by atoms with Gasteiger partial charge in [-0.25, -0.2) is 0 Å². The molecule has 0 aliphatic carbocycles. The molecule has 0 radical (unpaired) electrons. The fourth-order valence-electron chi connectivity index (χ4n) is 2.51. The molecule has 0 saturated heterocycles. The van der Waals surface area contributed by atoms with Gasteiger partial charge in [0, 0.05) is 31.4 Å². The highest BCUT2D eigenvalue weighted by atomic mass is 15.3. The molecule has 2 aromatic heterocycles. The summed E-state index contributed by atoms with van der Waals surface area (Å²) in [7, 11) is 0. The summed E-state index contributed by atoms with van der Waals surface area (Å²) in [4.78, 5) is 4.04.